The maximum absolute atomic E-state index is 12.1. The Labute approximate surface area is 123 Å². The number of hydrogen-bond acceptors (Lipinski definition) is 3. The van der Waals surface area contributed by atoms with Crippen LogP contribution in [0.3, 0.4) is 0 Å². The van der Waals surface area contributed by atoms with E-state index in [2.05, 4.69) is 18.8 Å². The highest BCUT2D eigenvalue weighted by molar-refractivity contribution is 6.00. The number of nitrogens with zero attached hydrogens (tertiary/aromatic N) is 3. The summed E-state index contributed by atoms with van der Waals surface area (Å²) >= 11 is 0. The first kappa shape index (κ1) is 13.7. The van der Waals surface area contributed by atoms with Crippen LogP contribution in [0.4, 0.5) is 0 Å². The molecule has 0 N–H and O–H groups in total. The monoisotopic (exact) mass is 285 g/mol. The van der Waals surface area contributed by atoms with E-state index in [4.69, 9.17) is 4.84 Å². The molecule has 3 aromatic rings. The third-order valence-corrected chi connectivity index (χ3v) is 3.36. The topological polar surface area (TPSA) is 54.0 Å². The van der Waals surface area contributed by atoms with E-state index in [-0.39, 0.29) is 12.0 Å². The molecule has 1 aromatic carbocycles. The molecule has 0 spiro atoms. The Bertz CT molecular complexity index is 806. The smallest absolute Gasteiger partial charge is 0.226 e. The number of para-hydroxylation sites is 1. The summed E-state index contributed by atoms with van der Waals surface area (Å²) in [4.78, 5) is 10.5. The zero-order valence-corrected chi connectivity index (χ0v) is 12.7. The molecule has 21 heavy (non-hydrogen) atoms. The Morgan fingerprint density at radius 3 is 2.57 bits per heavy atom. The first-order valence-corrected chi connectivity index (χ1v) is 7.19. The van der Waals surface area contributed by atoms with Gasteiger partial charge in [0.15, 0.2) is 5.52 Å². The van der Waals surface area contributed by atoms with E-state index >= 15 is 0 Å². The maximum Gasteiger partial charge on any atom is 0.226 e. The van der Waals surface area contributed by atoms with Gasteiger partial charge in [-0.15, -0.1) is 0 Å². The molecule has 110 valence electrons. The second-order valence-corrected chi connectivity index (χ2v) is 5.78. The average Bonchev–Trinajstić information content (AvgIpc) is 2.77. The Kier molecular flexibility index (Phi) is 3.20. The molecule has 0 atom stereocenters. The lowest BCUT2D eigenvalue weighted by molar-refractivity contribution is -0.575. The van der Waals surface area contributed by atoms with Crippen molar-refractivity contribution in [2.75, 3.05) is 0 Å². The van der Waals surface area contributed by atoms with Crippen LogP contribution in [0.2, 0.25) is 0 Å². The summed E-state index contributed by atoms with van der Waals surface area (Å²) in [6, 6.07) is 7.51. The lowest BCUT2D eigenvalue weighted by Gasteiger charge is -2.15. The van der Waals surface area contributed by atoms with Crippen molar-refractivity contribution in [3.8, 4) is 0 Å². The summed E-state index contributed by atoms with van der Waals surface area (Å²) < 4.78 is 2.65. The Hall–Kier alpha value is -2.30. The van der Waals surface area contributed by atoms with Crippen LogP contribution in [0, 0.1) is 5.21 Å². The van der Waals surface area contributed by atoms with Crippen LogP contribution < -0.4 is 9.57 Å². The SMILES string of the molecule is CC(C)On1c(C(C)C)nc2c[n+]([O-])c3ccccc3c21. The van der Waals surface area contributed by atoms with Crippen LogP contribution in [0.5, 0.6) is 0 Å². The van der Waals surface area contributed by atoms with Gasteiger partial charge in [-0.05, 0) is 19.9 Å². The van der Waals surface area contributed by atoms with Crippen LogP contribution in [0.15, 0.2) is 30.5 Å². The van der Waals surface area contributed by atoms with E-state index in [9.17, 15) is 5.21 Å². The Morgan fingerprint density at radius 1 is 1.19 bits per heavy atom. The lowest BCUT2D eigenvalue weighted by atomic mass is 10.2. The van der Waals surface area contributed by atoms with Crippen LogP contribution in [-0.4, -0.2) is 15.8 Å². The summed E-state index contributed by atoms with van der Waals surface area (Å²) in [6.45, 7) is 8.09. The number of hydrogen-bond donors (Lipinski definition) is 0. The molecule has 0 aliphatic carbocycles. The number of aromatic nitrogens is 3. The van der Waals surface area contributed by atoms with Crippen LogP contribution >= 0.6 is 0 Å². The molecule has 0 amide bonds. The minimum atomic E-state index is 0.0262. The molecule has 0 saturated carbocycles. The number of pyridine rings is 1. The van der Waals surface area contributed by atoms with Gasteiger partial charge < -0.3 is 10.0 Å². The first-order chi connectivity index (χ1) is 9.99. The van der Waals surface area contributed by atoms with Gasteiger partial charge in [0.2, 0.25) is 11.7 Å². The molecule has 0 fully saturated rings. The predicted octanol–water partition coefficient (Wildman–Crippen LogP) is 2.78. The number of rotatable bonds is 3. The average molecular weight is 285 g/mol. The molecular formula is C16H19N3O2. The second kappa shape index (κ2) is 4.91. The predicted molar refractivity (Wildman–Crippen MR) is 82.0 cm³/mol. The molecule has 5 nitrogen and oxygen atoms in total. The van der Waals surface area contributed by atoms with Crippen molar-refractivity contribution in [1.29, 1.82) is 0 Å². The van der Waals surface area contributed by atoms with E-state index < -0.39 is 0 Å². The van der Waals surface area contributed by atoms with Crippen LogP contribution in [0.1, 0.15) is 39.4 Å². The third kappa shape index (κ3) is 2.18. The van der Waals surface area contributed by atoms with Crippen molar-refractivity contribution in [3.63, 3.8) is 0 Å². The standard InChI is InChI=1S/C16H19N3O2/c1-10(2)16-17-13-9-18(20)14-8-6-5-7-12(14)15(13)19(16)21-11(3)4/h5-11H,1-4H3. The van der Waals surface area contributed by atoms with Gasteiger partial charge >= 0.3 is 0 Å². The molecular weight excluding hydrogens is 266 g/mol. The Balaban J connectivity index is 2.44. The molecule has 0 unspecified atom stereocenters. The fourth-order valence-electron chi connectivity index (χ4n) is 2.51. The molecule has 2 heterocycles. The summed E-state index contributed by atoms with van der Waals surface area (Å²) in [5.74, 6) is 1.03. The van der Waals surface area contributed by atoms with Crippen molar-refractivity contribution >= 4 is 21.9 Å². The van der Waals surface area contributed by atoms with E-state index in [1.54, 1.807) is 4.73 Å². The molecule has 0 aliphatic heterocycles. The van der Waals surface area contributed by atoms with Gasteiger partial charge in [-0.1, -0.05) is 26.0 Å². The van der Waals surface area contributed by atoms with Gasteiger partial charge in [0.05, 0.1) is 5.39 Å². The van der Waals surface area contributed by atoms with E-state index in [0.717, 1.165) is 21.5 Å². The molecule has 0 bridgehead atoms. The van der Waals surface area contributed by atoms with Gasteiger partial charge in [-0.2, -0.15) is 9.46 Å². The first-order valence-electron chi connectivity index (χ1n) is 7.19. The van der Waals surface area contributed by atoms with Gasteiger partial charge in [0.1, 0.15) is 17.4 Å². The van der Waals surface area contributed by atoms with Crippen LogP contribution in [0.25, 0.3) is 21.9 Å². The zero-order valence-electron chi connectivity index (χ0n) is 12.7. The van der Waals surface area contributed by atoms with Crippen molar-refractivity contribution in [3.05, 3.63) is 41.5 Å². The maximum atomic E-state index is 12.1. The Morgan fingerprint density at radius 2 is 1.90 bits per heavy atom. The molecule has 5 heteroatoms. The van der Waals surface area contributed by atoms with Gasteiger partial charge in [-0.3, -0.25) is 0 Å². The molecule has 0 saturated heterocycles. The van der Waals surface area contributed by atoms with E-state index in [1.807, 2.05) is 38.1 Å². The van der Waals surface area contributed by atoms with Gasteiger partial charge in [0, 0.05) is 12.0 Å². The normalized spacial score (nSPS) is 11.9. The molecule has 2 aromatic heterocycles. The van der Waals surface area contributed by atoms with Crippen molar-refractivity contribution in [1.82, 2.24) is 9.71 Å². The fraction of sp³-hybridized carbons (Fsp3) is 0.375. The number of benzene rings is 1. The third-order valence-electron chi connectivity index (χ3n) is 3.36. The lowest BCUT2D eigenvalue weighted by Crippen LogP contribution is -2.27. The van der Waals surface area contributed by atoms with Crippen LogP contribution in [-0.2, 0) is 0 Å². The molecule has 3 rings (SSSR count). The number of imidazole rings is 1. The van der Waals surface area contributed by atoms with E-state index in [0.29, 0.717) is 11.0 Å². The summed E-state index contributed by atoms with van der Waals surface area (Å²) in [7, 11) is 0. The summed E-state index contributed by atoms with van der Waals surface area (Å²) in [5, 5.41) is 13.0. The summed E-state index contributed by atoms with van der Waals surface area (Å²) in [5.41, 5.74) is 2.14. The van der Waals surface area contributed by atoms with Gasteiger partial charge in [0.25, 0.3) is 0 Å². The van der Waals surface area contributed by atoms with Crippen molar-refractivity contribution < 1.29 is 9.57 Å². The van der Waals surface area contributed by atoms with E-state index in [1.165, 1.54) is 6.20 Å². The van der Waals surface area contributed by atoms with Crippen molar-refractivity contribution in [2.24, 2.45) is 0 Å². The fourth-order valence-corrected chi connectivity index (χ4v) is 2.51. The number of fused-ring (bicyclic) bond motifs is 3. The largest absolute Gasteiger partial charge is 0.618 e. The highest BCUT2D eigenvalue weighted by Crippen LogP contribution is 2.26. The minimum absolute atomic E-state index is 0.0262. The zero-order chi connectivity index (χ0) is 15.1. The highest BCUT2D eigenvalue weighted by Gasteiger charge is 2.21. The molecule has 0 radical (unpaired) electrons. The highest BCUT2D eigenvalue weighted by atomic mass is 16.7. The second-order valence-electron chi connectivity index (χ2n) is 5.78. The van der Waals surface area contributed by atoms with Crippen molar-refractivity contribution in [2.45, 2.75) is 39.7 Å². The summed E-state index contributed by atoms with van der Waals surface area (Å²) in [6.07, 6.45) is 1.54. The minimum Gasteiger partial charge on any atom is -0.618 e. The quantitative estimate of drug-likeness (QED) is 0.549. The van der Waals surface area contributed by atoms with Gasteiger partial charge in [-0.25, -0.2) is 4.98 Å². The molecule has 0 aliphatic rings.